The highest BCUT2D eigenvalue weighted by Gasteiger charge is 2.42. The number of hydrogen-bond donors (Lipinski definition) is 0. The van der Waals surface area contributed by atoms with Gasteiger partial charge in [-0.1, -0.05) is 0 Å². The van der Waals surface area contributed by atoms with Gasteiger partial charge in [-0.25, -0.2) is 4.39 Å². The molecule has 4 rings (SSSR count). The van der Waals surface area contributed by atoms with Crippen molar-refractivity contribution in [3.63, 3.8) is 0 Å². The van der Waals surface area contributed by atoms with Crippen LogP contribution in [0.25, 0.3) is 0 Å². The maximum atomic E-state index is 14.2. The van der Waals surface area contributed by atoms with Crippen LogP contribution in [-0.2, 0) is 4.79 Å². The summed E-state index contributed by atoms with van der Waals surface area (Å²) in [6.45, 7) is 5.16. The zero-order valence-electron chi connectivity index (χ0n) is 14.5. The second-order valence-electron chi connectivity index (χ2n) is 7.69. The molecule has 0 N–H and O–H groups in total. The number of benzene rings is 1. The van der Waals surface area contributed by atoms with Crippen LogP contribution in [0.1, 0.15) is 12.0 Å². The van der Waals surface area contributed by atoms with E-state index in [0.29, 0.717) is 36.2 Å². The van der Waals surface area contributed by atoms with E-state index in [4.69, 9.17) is 5.26 Å². The van der Waals surface area contributed by atoms with Crippen molar-refractivity contribution in [2.75, 3.05) is 51.2 Å². The molecular formula is C19H23FN4O. The van der Waals surface area contributed by atoms with Crippen LogP contribution >= 0.6 is 0 Å². The van der Waals surface area contributed by atoms with E-state index >= 15 is 0 Å². The van der Waals surface area contributed by atoms with E-state index in [2.05, 4.69) is 11.9 Å². The number of likely N-dealkylation sites (tertiary alicyclic amines) is 2. The molecule has 5 nitrogen and oxygen atoms in total. The van der Waals surface area contributed by atoms with Crippen LogP contribution in [0.5, 0.6) is 0 Å². The fourth-order valence-electron chi connectivity index (χ4n) is 4.68. The van der Waals surface area contributed by atoms with Crippen LogP contribution in [-0.4, -0.2) is 62.0 Å². The van der Waals surface area contributed by atoms with Gasteiger partial charge in [0.1, 0.15) is 5.82 Å². The number of anilines is 1. The number of carbonyl (C=O) groups is 1. The van der Waals surface area contributed by atoms with E-state index < -0.39 is 0 Å². The van der Waals surface area contributed by atoms with Crippen molar-refractivity contribution in [2.24, 2.45) is 17.8 Å². The number of halogens is 1. The van der Waals surface area contributed by atoms with Gasteiger partial charge < -0.3 is 14.7 Å². The SMILES string of the molecule is CN1C[C@@H]2CN(C(=O)C3CCN(c4ccc(C#N)cc4F)C3)C[C@@H]2C1. The standard InChI is InChI=1S/C19H23FN4O/c1-22-8-15-11-24(12-16(15)9-22)19(25)14-4-5-23(10-14)18-3-2-13(7-21)6-17(18)20/h2-3,6,14-16H,4-5,8-12H2,1H3/t14?,15-,16+. The molecule has 3 aliphatic heterocycles. The van der Waals surface area contributed by atoms with Crippen molar-refractivity contribution in [2.45, 2.75) is 6.42 Å². The molecule has 25 heavy (non-hydrogen) atoms. The lowest BCUT2D eigenvalue weighted by atomic mass is 10.0. The summed E-state index contributed by atoms with van der Waals surface area (Å²) in [4.78, 5) is 19.2. The fraction of sp³-hybridized carbons (Fsp3) is 0.579. The molecule has 1 aromatic carbocycles. The highest BCUT2D eigenvalue weighted by molar-refractivity contribution is 5.80. The molecule has 3 heterocycles. The molecule has 6 heteroatoms. The molecule has 0 radical (unpaired) electrons. The van der Waals surface area contributed by atoms with Crippen LogP contribution in [0.2, 0.25) is 0 Å². The molecule has 3 fully saturated rings. The number of fused-ring (bicyclic) bond motifs is 1. The van der Waals surface area contributed by atoms with Gasteiger partial charge in [0.15, 0.2) is 0 Å². The van der Waals surface area contributed by atoms with Crippen LogP contribution in [0.4, 0.5) is 10.1 Å². The number of rotatable bonds is 2. The Morgan fingerprint density at radius 3 is 2.56 bits per heavy atom. The highest BCUT2D eigenvalue weighted by atomic mass is 19.1. The minimum atomic E-state index is -0.383. The Morgan fingerprint density at radius 2 is 1.92 bits per heavy atom. The molecule has 0 bridgehead atoms. The smallest absolute Gasteiger partial charge is 0.227 e. The normalized spacial score (nSPS) is 29.1. The lowest BCUT2D eigenvalue weighted by molar-refractivity contribution is -0.134. The Bertz CT molecular complexity index is 717. The lowest BCUT2D eigenvalue weighted by Gasteiger charge is -2.23. The molecule has 0 aliphatic carbocycles. The minimum Gasteiger partial charge on any atom is -0.368 e. The highest BCUT2D eigenvalue weighted by Crippen LogP contribution is 2.33. The van der Waals surface area contributed by atoms with Gasteiger partial charge in [-0.15, -0.1) is 0 Å². The third kappa shape index (κ3) is 2.98. The van der Waals surface area contributed by atoms with Crippen LogP contribution in [0.15, 0.2) is 18.2 Å². The quantitative estimate of drug-likeness (QED) is 0.818. The number of carbonyl (C=O) groups excluding carboxylic acids is 1. The Kier molecular flexibility index (Phi) is 4.12. The number of hydrogen-bond acceptors (Lipinski definition) is 4. The molecule has 1 unspecified atom stereocenters. The third-order valence-corrected chi connectivity index (χ3v) is 5.94. The first kappa shape index (κ1) is 16.3. The predicted molar refractivity (Wildman–Crippen MR) is 92.5 cm³/mol. The lowest BCUT2D eigenvalue weighted by Crippen LogP contribution is -2.37. The first-order chi connectivity index (χ1) is 12.0. The number of amides is 1. The summed E-state index contributed by atoms with van der Waals surface area (Å²) in [6.07, 6.45) is 0.768. The van der Waals surface area contributed by atoms with E-state index in [0.717, 1.165) is 32.6 Å². The predicted octanol–water partition coefficient (Wildman–Crippen LogP) is 1.54. The molecule has 3 aliphatic rings. The van der Waals surface area contributed by atoms with E-state index in [-0.39, 0.29) is 17.6 Å². The summed E-state index contributed by atoms with van der Waals surface area (Å²) in [5, 5.41) is 8.86. The summed E-state index contributed by atoms with van der Waals surface area (Å²) in [5.74, 6) is 1.02. The Balaban J connectivity index is 1.40. The Morgan fingerprint density at radius 1 is 1.20 bits per heavy atom. The summed E-state index contributed by atoms with van der Waals surface area (Å²) in [6, 6.07) is 6.50. The second kappa shape index (κ2) is 6.30. The number of nitriles is 1. The Hall–Kier alpha value is -2.13. The third-order valence-electron chi connectivity index (χ3n) is 5.94. The molecule has 0 spiro atoms. The van der Waals surface area contributed by atoms with E-state index in [9.17, 15) is 9.18 Å². The average Bonchev–Trinajstić information content (AvgIpc) is 3.28. The van der Waals surface area contributed by atoms with E-state index in [1.165, 1.54) is 6.07 Å². The minimum absolute atomic E-state index is 0.0494. The number of nitrogens with zero attached hydrogens (tertiary/aromatic N) is 4. The van der Waals surface area contributed by atoms with Crippen LogP contribution in [0.3, 0.4) is 0 Å². The topological polar surface area (TPSA) is 50.6 Å². The molecule has 3 saturated heterocycles. The Labute approximate surface area is 147 Å². The average molecular weight is 342 g/mol. The van der Waals surface area contributed by atoms with Gasteiger partial charge in [0.25, 0.3) is 0 Å². The van der Waals surface area contributed by atoms with Gasteiger partial charge in [-0.05, 0) is 43.5 Å². The summed E-state index contributed by atoms with van der Waals surface area (Å²) in [7, 11) is 2.14. The summed E-state index contributed by atoms with van der Waals surface area (Å²) in [5.41, 5.74) is 0.816. The van der Waals surface area contributed by atoms with Crippen LogP contribution in [0, 0.1) is 34.9 Å². The molecule has 3 atom stereocenters. The first-order valence-electron chi connectivity index (χ1n) is 8.97. The van der Waals surface area contributed by atoms with Gasteiger partial charge in [0.05, 0.1) is 23.2 Å². The molecular weight excluding hydrogens is 319 g/mol. The molecule has 0 saturated carbocycles. The monoisotopic (exact) mass is 342 g/mol. The molecule has 132 valence electrons. The molecule has 0 aromatic heterocycles. The van der Waals surface area contributed by atoms with Crippen molar-refractivity contribution < 1.29 is 9.18 Å². The first-order valence-corrected chi connectivity index (χ1v) is 8.97. The fourth-order valence-corrected chi connectivity index (χ4v) is 4.68. The molecule has 1 amide bonds. The second-order valence-corrected chi connectivity index (χ2v) is 7.69. The van der Waals surface area contributed by atoms with Gasteiger partial charge >= 0.3 is 0 Å². The van der Waals surface area contributed by atoms with Gasteiger partial charge in [0.2, 0.25) is 5.91 Å². The van der Waals surface area contributed by atoms with Crippen molar-refractivity contribution in [3.8, 4) is 6.07 Å². The van der Waals surface area contributed by atoms with Gasteiger partial charge in [0, 0.05) is 39.3 Å². The largest absolute Gasteiger partial charge is 0.368 e. The molecule has 1 aromatic rings. The van der Waals surface area contributed by atoms with Crippen LogP contribution < -0.4 is 4.90 Å². The van der Waals surface area contributed by atoms with E-state index in [1.807, 2.05) is 15.9 Å². The van der Waals surface area contributed by atoms with Crippen molar-refractivity contribution in [3.05, 3.63) is 29.6 Å². The maximum absolute atomic E-state index is 14.2. The van der Waals surface area contributed by atoms with Gasteiger partial charge in [-0.2, -0.15) is 5.26 Å². The van der Waals surface area contributed by atoms with Crippen molar-refractivity contribution >= 4 is 11.6 Å². The zero-order valence-corrected chi connectivity index (χ0v) is 14.5. The zero-order chi connectivity index (χ0) is 17.6. The summed E-state index contributed by atoms with van der Waals surface area (Å²) >= 11 is 0. The maximum Gasteiger partial charge on any atom is 0.227 e. The van der Waals surface area contributed by atoms with Gasteiger partial charge in [-0.3, -0.25) is 4.79 Å². The van der Waals surface area contributed by atoms with E-state index in [1.54, 1.807) is 12.1 Å². The van der Waals surface area contributed by atoms with Crippen molar-refractivity contribution in [1.82, 2.24) is 9.80 Å². The summed E-state index contributed by atoms with van der Waals surface area (Å²) < 4.78 is 14.2. The van der Waals surface area contributed by atoms with Crippen molar-refractivity contribution in [1.29, 1.82) is 5.26 Å².